The minimum absolute atomic E-state index is 0.122. The van der Waals surface area contributed by atoms with Crippen molar-refractivity contribution in [3.05, 3.63) is 77.3 Å². The van der Waals surface area contributed by atoms with Crippen LogP contribution in [0.5, 0.6) is 17.4 Å². The number of para-hydroxylation sites is 2. The highest BCUT2D eigenvalue weighted by Crippen LogP contribution is 2.28. The number of nitrogens with one attached hydrogen (secondary N) is 1. The molecule has 0 unspecified atom stereocenters. The summed E-state index contributed by atoms with van der Waals surface area (Å²) in [6.45, 7) is 2.30. The first kappa shape index (κ1) is 20.2. The Kier molecular flexibility index (Phi) is 5.70. The van der Waals surface area contributed by atoms with E-state index < -0.39 is 0 Å². The molecule has 8 heteroatoms. The molecule has 0 atom stereocenters. The maximum absolute atomic E-state index is 12.8. The molecule has 0 aliphatic rings. The lowest BCUT2D eigenvalue weighted by atomic mass is 10.3. The minimum atomic E-state index is -0.353. The Morgan fingerprint density at radius 3 is 2.32 bits per heavy atom. The first-order chi connectivity index (χ1) is 15.1. The molecule has 0 saturated carbocycles. The molecule has 8 nitrogen and oxygen atoms in total. The average molecular weight is 418 g/mol. The predicted octanol–water partition coefficient (Wildman–Crippen LogP) is 3.66. The van der Waals surface area contributed by atoms with Gasteiger partial charge >= 0.3 is 5.69 Å². The fourth-order valence-corrected chi connectivity index (χ4v) is 3.39. The smallest absolute Gasteiger partial charge is 0.329 e. The Labute approximate surface area is 178 Å². The van der Waals surface area contributed by atoms with Crippen LogP contribution in [0.3, 0.4) is 0 Å². The van der Waals surface area contributed by atoms with Crippen molar-refractivity contribution >= 4 is 22.6 Å². The van der Waals surface area contributed by atoms with Gasteiger partial charge in [0, 0.05) is 12.7 Å². The number of methoxy groups -OCH3 is 1. The van der Waals surface area contributed by atoms with Gasteiger partial charge in [-0.2, -0.15) is 0 Å². The molecule has 2 aromatic heterocycles. The number of aromatic nitrogens is 3. The summed E-state index contributed by atoms with van der Waals surface area (Å²) in [4.78, 5) is 29.8. The van der Waals surface area contributed by atoms with Gasteiger partial charge in [-0.05, 0) is 55.5 Å². The first-order valence-electron chi connectivity index (χ1n) is 9.85. The van der Waals surface area contributed by atoms with Crippen molar-refractivity contribution in [2.75, 3.05) is 12.4 Å². The van der Waals surface area contributed by atoms with E-state index in [0.717, 1.165) is 5.52 Å². The molecule has 31 heavy (non-hydrogen) atoms. The molecule has 2 aromatic carbocycles. The van der Waals surface area contributed by atoms with Crippen molar-refractivity contribution in [1.82, 2.24) is 14.1 Å². The van der Waals surface area contributed by atoms with E-state index in [0.29, 0.717) is 29.2 Å². The molecular formula is C23H22N4O4. The number of fused-ring (bicyclic) bond motifs is 1. The highest BCUT2D eigenvalue weighted by Gasteiger charge is 2.16. The van der Waals surface area contributed by atoms with E-state index in [4.69, 9.17) is 9.47 Å². The standard InChI is InChI=1S/C23H22N4O4/c1-3-26-19-8-4-5-9-20(19)27(23(26)29)15-21(28)25-18-7-6-14-24-22(18)31-17-12-10-16(30-2)11-13-17/h4-14H,3,15H2,1-2H3,(H,25,28). The second kappa shape index (κ2) is 8.74. The van der Waals surface area contributed by atoms with Gasteiger partial charge in [0.25, 0.3) is 0 Å². The number of imidazole rings is 1. The molecule has 0 fully saturated rings. The van der Waals surface area contributed by atoms with Crippen molar-refractivity contribution in [3.8, 4) is 17.4 Å². The monoisotopic (exact) mass is 418 g/mol. The highest BCUT2D eigenvalue weighted by molar-refractivity contribution is 5.92. The van der Waals surface area contributed by atoms with Gasteiger partial charge in [0.05, 0.1) is 18.1 Å². The van der Waals surface area contributed by atoms with E-state index in [-0.39, 0.29) is 24.0 Å². The summed E-state index contributed by atoms with van der Waals surface area (Å²) in [5.74, 6) is 1.16. The number of ether oxygens (including phenoxy) is 2. The van der Waals surface area contributed by atoms with Crippen LogP contribution in [0.4, 0.5) is 5.69 Å². The molecule has 1 amide bonds. The lowest BCUT2D eigenvalue weighted by Crippen LogP contribution is -2.29. The molecule has 1 N–H and O–H groups in total. The van der Waals surface area contributed by atoms with Crippen molar-refractivity contribution in [3.63, 3.8) is 0 Å². The molecule has 0 bridgehead atoms. The second-order valence-electron chi connectivity index (χ2n) is 6.78. The topological polar surface area (TPSA) is 87.4 Å². The number of pyridine rings is 1. The van der Waals surface area contributed by atoms with E-state index in [1.165, 1.54) is 4.57 Å². The van der Waals surface area contributed by atoms with E-state index in [9.17, 15) is 9.59 Å². The Morgan fingerprint density at radius 2 is 1.65 bits per heavy atom. The number of hydrogen-bond acceptors (Lipinski definition) is 5. The third-order valence-corrected chi connectivity index (χ3v) is 4.86. The molecule has 0 saturated heterocycles. The maximum Gasteiger partial charge on any atom is 0.329 e. The normalized spacial score (nSPS) is 10.8. The summed E-state index contributed by atoms with van der Waals surface area (Å²) >= 11 is 0. The molecule has 0 aliphatic heterocycles. The Balaban J connectivity index is 1.55. The van der Waals surface area contributed by atoms with E-state index in [2.05, 4.69) is 10.3 Å². The lowest BCUT2D eigenvalue weighted by molar-refractivity contribution is -0.116. The fraction of sp³-hybridized carbons (Fsp3) is 0.174. The predicted molar refractivity (Wildman–Crippen MR) is 118 cm³/mol. The zero-order chi connectivity index (χ0) is 21.8. The molecular weight excluding hydrogens is 396 g/mol. The summed E-state index contributed by atoms with van der Waals surface area (Å²) in [6, 6.07) is 17.9. The van der Waals surface area contributed by atoms with Crippen LogP contribution in [0, 0.1) is 0 Å². The van der Waals surface area contributed by atoms with Crippen molar-refractivity contribution in [1.29, 1.82) is 0 Å². The Morgan fingerprint density at radius 1 is 0.968 bits per heavy atom. The zero-order valence-electron chi connectivity index (χ0n) is 17.2. The van der Waals surface area contributed by atoms with Gasteiger partial charge in [-0.3, -0.25) is 13.9 Å². The number of benzene rings is 2. The van der Waals surface area contributed by atoms with Gasteiger partial charge in [0.1, 0.15) is 23.7 Å². The Bertz CT molecular complexity index is 1270. The second-order valence-corrected chi connectivity index (χ2v) is 6.78. The number of amides is 1. The summed E-state index contributed by atoms with van der Waals surface area (Å²) in [7, 11) is 1.59. The highest BCUT2D eigenvalue weighted by atomic mass is 16.5. The largest absolute Gasteiger partial charge is 0.497 e. The van der Waals surface area contributed by atoms with Crippen LogP contribution in [-0.2, 0) is 17.9 Å². The summed E-state index contributed by atoms with van der Waals surface area (Å²) < 4.78 is 14.1. The molecule has 0 aliphatic carbocycles. The third kappa shape index (κ3) is 4.13. The van der Waals surface area contributed by atoms with E-state index in [1.54, 1.807) is 54.3 Å². The average Bonchev–Trinajstić information content (AvgIpc) is 3.06. The van der Waals surface area contributed by atoms with Crippen molar-refractivity contribution in [2.45, 2.75) is 20.0 Å². The zero-order valence-corrected chi connectivity index (χ0v) is 17.2. The fourth-order valence-electron chi connectivity index (χ4n) is 3.39. The number of nitrogens with zero attached hydrogens (tertiary/aromatic N) is 3. The van der Waals surface area contributed by atoms with Crippen LogP contribution in [-0.4, -0.2) is 27.1 Å². The third-order valence-electron chi connectivity index (χ3n) is 4.86. The number of carbonyl (C=O) groups is 1. The van der Waals surface area contributed by atoms with Crippen LogP contribution in [0.15, 0.2) is 71.7 Å². The molecule has 158 valence electrons. The Hall–Kier alpha value is -4.07. The maximum atomic E-state index is 12.8. The van der Waals surface area contributed by atoms with Crippen LogP contribution in [0.25, 0.3) is 11.0 Å². The SMILES string of the molecule is CCn1c(=O)n(CC(=O)Nc2cccnc2Oc2ccc(OC)cc2)c2ccccc21. The molecule has 2 heterocycles. The van der Waals surface area contributed by atoms with Gasteiger partial charge in [0.2, 0.25) is 11.8 Å². The number of hydrogen-bond donors (Lipinski definition) is 1. The van der Waals surface area contributed by atoms with Crippen LogP contribution in [0.2, 0.25) is 0 Å². The molecule has 4 rings (SSSR count). The summed E-state index contributed by atoms with van der Waals surface area (Å²) in [6.07, 6.45) is 1.58. The van der Waals surface area contributed by atoms with Crippen LogP contribution < -0.4 is 20.5 Å². The summed E-state index contributed by atoms with van der Waals surface area (Å²) in [5, 5.41) is 2.80. The number of carbonyl (C=O) groups excluding carboxylic acids is 1. The minimum Gasteiger partial charge on any atom is -0.497 e. The van der Waals surface area contributed by atoms with Crippen molar-refractivity contribution < 1.29 is 14.3 Å². The molecule has 4 aromatic rings. The molecule has 0 spiro atoms. The number of anilines is 1. The number of rotatable bonds is 7. The van der Waals surface area contributed by atoms with Crippen LogP contribution in [0.1, 0.15) is 6.92 Å². The van der Waals surface area contributed by atoms with Crippen molar-refractivity contribution in [2.24, 2.45) is 0 Å². The van der Waals surface area contributed by atoms with Gasteiger partial charge in [0.15, 0.2) is 0 Å². The van der Waals surface area contributed by atoms with Gasteiger partial charge in [-0.25, -0.2) is 9.78 Å². The van der Waals surface area contributed by atoms with Gasteiger partial charge in [-0.15, -0.1) is 0 Å². The summed E-state index contributed by atoms with van der Waals surface area (Å²) in [5.41, 5.74) is 1.70. The van der Waals surface area contributed by atoms with Gasteiger partial charge < -0.3 is 14.8 Å². The van der Waals surface area contributed by atoms with E-state index in [1.807, 2.05) is 31.2 Å². The molecule has 0 radical (unpaired) electrons. The first-order valence-corrected chi connectivity index (χ1v) is 9.85. The number of aryl methyl sites for hydroxylation is 1. The van der Waals surface area contributed by atoms with Crippen LogP contribution >= 0.6 is 0 Å². The lowest BCUT2D eigenvalue weighted by Gasteiger charge is -2.11. The quantitative estimate of drug-likeness (QED) is 0.495. The van der Waals surface area contributed by atoms with Gasteiger partial charge in [-0.1, -0.05) is 12.1 Å². The van der Waals surface area contributed by atoms with E-state index >= 15 is 0 Å².